The highest BCUT2D eigenvalue weighted by atomic mass is 79.9. The summed E-state index contributed by atoms with van der Waals surface area (Å²) in [6, 6.07) is 2.31. The molecule has 0 aliphatic carbocycles. The van der Waals surface area contributed by atoms with Gasteiger partial charge in [0.25, 0.3) is 0 Å². The number of hydrogen-bond acceptors (Lipinski definition) is 2. The maximum absolute atomic E-state index is 13.3. The van der Waals surface area contributed by atoms with Gasteiger partial charge >= 0.3 is 0 Å². The van der Waals surface area contributed by atoms with E-state index in [4.69, 9.17) is 5.26 Å². The van der Waals surface area contributed by atoms with Crippen molar-refractivity contribution in [2.24, 2.45) is 0 Å². The average molecular weight is 285 g/mol. The highest BCUT2D eigenvalue weighted by Gasteiger charge is 2.15. The number of rotatable bonds is 0. The number of hydrogen-bond donors (Lipinski definition) is 1. The van der Waals surface area contributed by atoms with Crippen molar-refractivity contribution in [2.75, 3.05) is 0 Å². The predicted octanol–water partition coefficient (Wildman–Crippen LogP) is 2.44. The van der Waals surface area contributed by atoms with Crippen molar-refractivity contribution in [3.05, 3.63) is 44.2 Å². The molecule has 1 aromatic heterocycles. The maximum atomic E-state index is 13.3. The number of nitriles is 1. The quantitative estimate of drug-likeness (QED) is 0.756. The van der Waals surface area contributed by atoms with Crippen LogP contribution in [0.5, 0.6) is 0 Å². The average Bonchev–Trinajstić information content (AvgIpc) is 2.26. The van der Waals surface area contributed by atoms with Crippen LogP contribution in [0, 0.1) is 23.0 Å². The van der Waals surface area contributed by atoms with Crippen molar-refractivity contribution in [3.63, 3.8) is 0 Å². The Kier molecular flexibility index (Phi) is 2.48. The SMILES string of the molecule is N#Cc1c[nH]c2c(F)cc(F)c(Br)c2c1=O. The molecular formula is C10H3BrF2N2O. The Bertz CT molecular complexity index is 688. The van der Waals surface area contributed by atoms with E-state index < -0.39 is 17.1 Å². The van der Waals surface area contributed by atoms with Crippen LogP contribution in [-0.4, -0.2) is 4.98 Å². The van der Waals surface area contributed by atoms with Gasteiger partial charge in [-0.3, -0.25) is 4.79 Å². The van der Waals surface area contributed by atoms with Crippen LogP contribution in [0.3, 0.4) is 0 Å². The van der Waals surface area contributed by atoms with E-state index >= 15 is 0 Å². The third-order valence-electron chi connectivity index (χ3n) is 2.12. The Hall–Kier alpha value is -1.74. The largest absolute Gasteiger partial charge is 0.357 e. The van der Waals surface area contributed by atoms with Crippen LogP contribution in [0.1, 0.15) is 5.56 Å². The highest BCUT2D eigenvalue weighted by molar-refractivity contribution is 9.10. The fourth-order valence-corrected chi connectivity index (χ4v) is 1.87. The van der Waals surface area contributed by atoms with Crippen LogP contribution < -0.4 is 5.43 Å². The Balaban J connectivity index is 3.10. The van der Waals surface area contributed by atoms with Gasteiger partial charge in [-0.15, -0.1) is 0 Å². The van der Waals surface area contributed by atoms with Crippen molar-refractivity contribution in [3.8, 4) is 6.07 Å². The molecule has 0 aliphatic heterocycles. The monoisotopic (exact) mass is 284 g/mol. The van der Waals surface area contributed by atoms with Gasteiger partial charge in [-0.25, -0.2) is 8.78 Å². The fourth-order valence-electron chi connectivity index (χ4n) is 1.38. The van der Waals surface area contributed by atoms with E-state index in [1.165, 1.54) is 0 Å². The molecule has 16 heavy (non-hydrogen) atoms. The summed E-state index contributed by atoms with van der Waals surface area (Å²) in [6.07, 6.45) is 1.10. The molecule has 0 saturated heterocycles. The van der Waals surface area contributed by atoms with Gasteiger partial charge in [0, 0.05) is 12.3 Å². The van der Waals surface area contributed by atoms with Crippen LogP contribution in [0.2, 0.25) is 0 Å². The Morgan fingerprint density at radius 1 is 1.38 bits per heavy atom. The lowest BCUT2D eigenvalue weighted by Gasteiger charge is -2.03. The lowest BCUT2D eigenvalue weighted by molar-refractivity contribution is 0.586. The van der Waals surface area contributed by atoms with E-state index in [1.54, 1.807) is 6.07 Å². The summed E-state index contributed by atoms with van der Waals surface area (Å²) in [5, 5.41) is 8.44. The van der Waals surface area contributed by atoms with Gasteiger partial charge in [0.1, 0.15) is 23.3 Å². The molecule has 2 rings (SSSR count). The first kappa shape index (κ1) is 10.8. The van der Waals surface area contributed by atoms with Crippen molar-refractivity contribution < 1.29 is 8.78 Å². The second kappa shape index (κ2) is 3.68. The highest BCUT2D eigenvalue weighted by Crippen LogP contribution is 2.25. The molecule has 2 aromatic rings. The number of fused-ring (bicyclic) bond motifs is 1. The molecule has 0 atom stereocenters. The minimum atomic E-state index is -0.884. The number of nitrogens with one attached hydrogen (secondary N) is 1. The van der Waals surface area contributed by atoms with Crippen LogP contribution in [0.25, 0.3) is 10.9 Å². The first-order chi connectivity index (χ1) is 7.56. The van der Waals surface area contributed by atoms with Gasteiger partial charge in [-0.1, -0.05) is 0 Å². The molecule has 0 aliphatic rings. The first-order valence-electron chi connectivity index (χ1n) is 4.15. The van der Waals surface area contributed by atoms with Crippen LogP contribution in [-0.2, 0) is 0 Å². The molecule has 0 unspecified atom stereocenters. The third kappa shape index (κ3) is 1.41. The van der Waals surface area contributed by atoms with Crippen molar-refractivity contribution in [1.29, 1.82) is 5.26 Å². The van der Waals surface area contributed by atoms with Gasteiger partial charge < -0.3 is 4.98 Å². The van der Waals surface area contributed by atoms with Crippen LogP contribution in [0.15, 0.2) is 21.5 Å². The van der Waals surface area contributed by atoms with Crippen LogP contribution >= 0.6 is 15.9 Å². The third-order valence-corrected chi connectivity index (χ3v) is 2.90. The van der Waals surface area contributed by atoms with E-state index in [1.807, 2.05) is 0 Å². The molecular weight excluding hydrogens is 282 g/mol. The van der Waals surface area contributed by atoms with E-state index in [2.05, 4.69) is 20.9 Å². The van der Waals surface area contributed by atoms with Crippen molar-refractivity contribution >= 4 is 26.8 Å². The molecule has 0 bridgehead atoms. The molecule has 6 heteroatoms. The molecule has 1 N–H and O–H groups in total. The number of pyridine rings is 1. The van der Waals surface area contributed by atoms with E-state index in [0.29, 0.717) is 6.07 Å². The molecule has 0 amide bonds. The molecule has 0 spiro atoms. The molecule has 0 radical (unpaired) electrons. The summed E-state index contributed by atoms with van der Waals surface area (Å²) in [5.74, 6) is -1.76. The second-order valence-corrected chi connectivity index (χ2v) is 3.84. The topological polar surface area (TPSA) is 56.6 Å². The maximum Gasteiger partial charge on any atom is 0.208 e. The summed E-state index contributed by atoms with van der Waals surface area (Å²) in [5.41, 5.74) is -1.03. The standard InChI is InChI=1S/C10H3BrF2N2O/c11-8-5(12)1-6(13)9-7(8)10(16)4(2-14)3-15-9/h1,3H,(H,15,16). The van der Waals surface area contributed by atoms with E-state index in [0.717, 1.165) is 6.20 Å². The zero-order valence-corrected chi connectivity index (χ0v) is 9.23. The molecule has 1 aromatic carbocycles. The Labute approximate surface area is 96.5 Å². The smallest absolute Gasteiger partial charge is 0.208 e. The summed E-state index contributed by atoms with van der Waals surface area (Å²) in [7, 11) is 0. The zero-order chi connectivity index (χ0) is 11.9. The van der Waals surface area contributed by atoms with Gasteiger partial charge in [-0.05, 0) is 15.9 Å². The number of H-pyrrole nitrogens is 1. The molecule has 1 heterocycles. The van der Waals surface area contributed by atoms with Crippen LogP contribution in [0.4, 0.5) is 8.78 Å². The van der Waals surface area contributed by atoms with Gasteiger partial charge in [0.15, 0.2) is 0 Å². The molecule has 3 nitrogen and oxygen atoms in total. The lowest BCUT2D eigenvalue weighted by atomic mass is 10.1. The van der Waals surface area contributed by atoms with E-state index in [-0.39, 0.29) is 20.9 Å². The number of aromatic nitrogens is 1. The van der Waals surface area contributed by atoms with Gasteiger partial charge in [0.2, 0.25) is 5.43 Å². The van der Waals surface area contributed by atoms with Gasteiger partial charge in [-0.2, -0.15) is 5.26 Å². The number of aromatic amines is 1. The molecule has 0 saturated carbocycles. The minimum absolute atomic E-state index is 0.128. The summed E-state index contributed by atoms with van der Waals surface area (Å²) in [4.78, 5) is 14.1. The molecule has 80 valence electrons. The zero-order valence-electron chi connectivity index (χ0n) is 7.64. The minimum Gasteiger partial charge on any atom is -0.357 e. The predicted molar refractivity (Wildman–Crippen MR) is 56.9 cm³/mol. The lowest BCUT2D eigenvalue weighted by Crippen LogP contribution is -2.09. The number of halogens is 3. The first-order valence-corrected chi connectivity index (χ1v) is 4.94. The summed E-state index contributed by atoms with van der Waals surface area (Å²) < 4.78 is 26.4. The normalized spacial score (nSPS) is 10.4. The summed E-state index contributed by atoms with van der Waals surface area (Å²) >= 11 is 2.86. The van der Waals surface area contributed by atoms with Crippen molar-refractivity contribution in [2.45, 2.75) is 0 Å². The molecule has 0 fully saturated rings. The number of benzene rings is 1. The van der Waals surface area contributed by atoms with E-state index in [9.17, 15) is 13.6 Å². The summed E-state index contributed by atoms with van der Waals surface area (Å²) in [6.45, 7) is 0. The van der Waals surface area contributed by atoms with Gasteiger partial charge in [0.05, 0.1) is 15.4 Å². The Morgan fingerprint density at radius 2 is 2.06 bits per heavy atom. The Morgan fingerprint density at radius 3 is 2.69 bits per heavy atom. The second-order valence-electron chi connectivity index (χ2n) is 3.05. The fraction of sp³-hybridized carbons (Fsp3) is 0. The van der Waals surface area contributed by atoms with Crippen molar-refractivity contribution in [1.82, 2.24) is 4.98 Å². The number of nitrogens with zero attached hydrogens (tertiary/aromatic N) is 1.